The SMILES string of the molecule is CC(=O)N[C@H](CC(C)C)C(=O)NC(C)(C)C(=O)N[C@@H](CC(C)C)C(=O)NC(C)(C)C(=O)N[C@H](CO)Cc1ccccc1. The average Bonchev–Trinajstić information content (AvgIpc) is 2.86. The minimum atomic E-state index is -1.40. The summed E-state index contributed by atoms with van der Waals surface area (Å²) in [6.07, 6.45) is 1.09. The Morgan fingerprint density at radius 3 is 1.55 bits per heavy atom. The Bertz CT molecular complexity index is 1070. The normalized spacial score (nSPS) is 14.0. The van der Waals surface area contributed by atoms with Gasteiger partial charge >= 0.3 is 0 Å². The van der Waals surface area contributed by atoms with Crippen molar-refractivity contribution in [2.45, 2.75) is 111 Å². The third-order valence-electron chi connectivity index (χ3n) is 6.62. The standard InChI is InChI=1S/C31H51N5O6/c1-19(2)15-24(32-21(5)38)26(39)35-31(8,9)29(42)34-25(16-20(3)4)27(40)36-30(6,7)28(41)33-23(18-37)17-22-13-11-10-12-14-22/h10-14,19-20,23-25,37H,15-18H2,1-9H3,(H,32,38)(H,33,41)(H,34,42)(H,35,39)(H,36,40)/t23-,24+,25-/m0/s1. The van der Waals surface area contributed by atoms with Crippen LogP contribution in [0.1, 0.15) is 80.7 Å². The Hall–Kier alpha value is -3.47. The summed E-state index contributed by atoms with van der Waals surface area (Å²) in [5.74, 6) is -2.35. The number of benzene rings is 1. The Balaban J connectivity index is 2.97. The van der Waals surface area contributed by atoms with E-state index in [1.165, 1.54) is 20.8 Å². The van der Waals surface area contributed by atoms with Gasteiger partial charge in [0.2, 0.25) is 29.5 Å². The molecule has 1 aromatic rings. The van der Waals surface area contributed by atoms with Crippen molar-refractivity contribution < 1.29 is 29.1 Å². The molecular weight excluding hydrogens is 538 g/mol. The highest BCUT2D eigenvalue weighted by atomic mass is 16.3. The maximum Gasteiger partial charge on any atom is 0.245 e. The summed E-state index contributed by atoms with van der Waals surface area (Å²) in [5.41, 5.74) is -1.81. The lowest BCUT2D eigenvalue weighted by Crippen LogP contribution is -2.64. The van der Waals surface area contributed by atoms with Crippen LogP contribution in [-0.4, -0.2) is 70.5 Å². The van der Waals surface area contributed by atoms with E-state index in [0.717, 1.165) is 5.56 Å². The van der Waals surface area contributed by atoms with E-state index in [0.29, 0.717) is 12.8 Å². The molecule has 0 aliphatic carbocycles. The zero-order valence-corrected chi connectivity index (χ0v) is 26.6. The minimum Gasteiger partial charge on any atom is -0.394 e. The van der Waals surface area contributed by atoms with Crippen LogP contribution < -0.4 is 26.6 Å². The number of carbonyl (C=O) groups is 5. The molecule has 0 aliphatic heterocycles. The number of carbonyl (C=O) groups excluding carboxylic acids is 5. The summed E-state index contributed by atoms with van der Waals surface area (Å²) in [5, 5.41) is 23.4. The summed E-state index contributed by atoms with van der Waals surface area (Å²) in [6.45, 7) is 14.8. The molecule has 3 atom stereocenters. The lowest BCUT2D eigenvalue weighted by molar-refractivity contribution is -0.138. The van der Waals surface area contributed by atoms with Crippen molar-refractivity contribution in [1.82, 2.24) is 26.6 Å². The fourth-order valence-corrected chi connectivity index (χ4v) is 4.32. The van der Waals surface area contributed by atoms with Gasteiger partial charge in [0.25, 0.3) is 0 Å². The first-order valence-corrected chi connectivity index (χ1v) is 14.6. The Morgan fingerprint density at radius 2 is 1.14 bits per heavy atom. The molecule has 0 spiro atoms. The maximum atomic E-state index is 13.4. The van der Waals surface area contributed by atoms with E-state index >= 15 is 0 Å². The number of aliphatic hydroxyl groups excluding tert-OH is 1. The van der Waals surface area contributed by atoms with E-state index < -0.39 is 52.8 Å². The van der Waals surface area contributed by atoms with Gasteiger partial charge in [-0.3, -0.25) is 24.0 Å². The summed E-state index contributed by atoms with van der Waals surface area (Å²) in [7, 11) is 0. The molecule has 0 fully saturated rings. The molecule has 0 radical (unpaired) electrons. The number of aliphatic hydroxyl groups is 1. The van der Waals surface area contributed by atoms with Crippen molar-refractivity contribution in [3.05, 3.63) is 35.9 Å². The molecule has 1 rings (SSSR count). The Labute approximate surface area is 250 Å². The van der Waals surface area contributed by atoms with Crippen molar-refractivity contribution in [1.29, 1.82) is 0 Å². The molecule has 0 heterocycles. The van der Waals surface area contributed by atoms with Crippen LogP contribution in [0.25, 0.3) is 0 Å². The number of nitrogens with one attached hydrogen (secondary N) is 5. The van der Waals surface area contributed by atoms with Gasteiger partial charge in [-0.25, -0.2) is 0 Å². The maximum absolute atomic E-state index is 13.4. The van der Waals surface area contributed by atoms with E-state index in [2.05, 4.69) is 26.6 Å². The Morgan fingerprint density at radius 1 is 0.714 bits per heavy atom. The molecule has 0 aliphatic rings. The van der Waals surface area contributed by atoms with Crippen molar-refractivity contribution in [2.75, 3.05) is 6.61 Å². The molecule has 5 amide bonds. The number of amides is 5. The van der Waals surface area contributed by atoms with Gasteiger partial charge in [-0.05, 0) is 64.4 Å². The largest absolute Gasteiger partial charge is 0.394 e. The molecule has 0 saturated carbocycles. The summed E-state index contributed by atoms with van der Waals surface area (Å²) in [4.78, 5) is 64.4. The van der Waals surface area contributed by atoms with Gasteiger partial charge in [-0.1, -0.05) is 58.0 Å². The van der Waals surface area contributed by atoms with Crippen LogP contribution in [0.4, 0.5) is 0 Å². The third-order valence-corrected chi connectivity index (χ3v) is 6.62. The summed E-state index contributed by atoms with van der Waals surface area (Å²) >= 11 is 0. The smallest absolute Gasteiger partial charge is 0.245 e. The minimum absolute atomic E-state index is 0.0236. The van der Waals surface area contributed by atoms with Crippen LogP contribution in [0.2, 0.25) is 0 Å². The first-order valence-electron chi connectivity index (χ1n) is 14.6. The van der Waals surface area contributed by atoms with Crippen LogP contribution >= 0.6 is 0 Å². The first-order chi connectivity index (χ1) is 19.4. The second kappa shape index (κ2) is 16.2. The van der Waals surface area contributed by atoms with Gasteiger partial charge in [0.05, 0.1) is 12.6 Å². The highest BCUT2D eigenvalue weighted by molar-refractivity contribution is 5.97. The number of rotatable bonds is 16. The van der Waals surface area contributed by atoms with Gasteiger partial charge in [0.1, 0.15) is 23.2 Å². The fourth-order valence-electron chi connectivity index (χ4n) is 4.32. The molecule has 0 aromatic heterocycles. The van der Waals surface area contributed by atoms with Crippen LogP contribution in [0, 0.1) is 11.8 Å². The van der Waals surface area contributed by atoms with Crippen molar-refractivity contribution in [3.8, 4) is 0 Å². The second-order valence-corrected chi connectivity index (χ2v) is 12.8. The van der Waals surface area contributed by atoms with Crippen LogP contribution in [0.5, 0.6) is 0 Å². The second-order valence-electron chi connectivity index (χ2n) is 12.8. The molecule has 0 bridgehead atoms. The fraction of sp³-hybridized carbons (Fsp3) is 0.645. The highest BCUT2D eigenvalue weighted by Crippen LogP contribution is 2.13. The van der Waals surface area contributed by atoms with Gasteiger partial charge in [-0.2, -0.15) is 0 Å². The third kappa shape index (κ3) is 12.6. The molecule has 0 unspecified atom stereocenters. The van der Waals surface area contributed by atoms with Crippen LogP contribution in [-0.2, 0) is 30.4 Å². The van der Waals surface area contributed by atoms with E-state index in [9.17, 15) is 29.1 Å². The average molecular weight is 590 g/mol. The van der Waals surface area contributed by atoms with Crippen molar-refractivity contribution >= 4 is 29.5 Å². The lowest BCUT2D eigenvalue weighted by Gasteiger charge is -2.33. The molecule has 42 heavy (non-hydrogen) atoms. The number of hydrogen-bond donors (Lipinski definition) is 6. The van der Waals surface area contributed by atoms with Crippen molar-refractivity contribution in [3.63, 3.8) is 0 Å². The van der Waals surface area contributed by atoms with Gasteiger partial charge in [0.15, 0.2) is 0 Å². The molecule has 236 valence electrons. The summed E-state index contributed by atoms with van der Waals surface area (Å²) < 4.78 is 0. The van der Waals surface area contributed by atoms with E-state index in [1.54, 1.807) is 13.8 Å². The highest BCUT2D eigenvalue weighted by Gasteiger charge is 2.38. The monoisotopic (exact) mass is 589 g/mol. The predicted octanol–water partition coefficient (Wildman–Crippen LogP) is 1.58. The molecule has 11 nitrogen and oxygen atoms in total. The Kier molecular flexibility index (Phi) is 14.1. The van der Waals surface area contributed by atoms with Gasteiger partial charge < -0.3 is 31.7 Å². The molecule has 6 N–H and O–H groups in total. The molecule has 0 saturated heterocycles. The van der Waals surface area contributed by atoms with E-state index in [1.807, 2.05) is 58.0 Å². The quantitative estimate of drug-likeness (QED) is 0.171. The van der Waals surface area contributed by atoms with Gasteiger partial charge in [-0.15, -0.1) is 0 Å². The van der Waals surface area contributed by atoms with Crippen molar-refractivity contribution in [2.24, 2.45) is 11.8 Å². The first kappa shape index (κ1) is 36.6. The lowest BCUT2D eigenvalue weighted by atomic mass is 9.96. The number of hydrogen-bond acceptors (Lipinski definition) is 6. The molecule has 1 aromatic carbocycles. The van der Waals surface area contributed by atoms with E-state index in [4.69, 9.17) is 0 Å². The predicted molar refractivity (Wildman–Crippen MR) is 162 cm³/mol. The zero-order valence-electron chi connectivity index (χ0n) is 26.6. The van der Waals surface area contributed by atoms with Crippen LogP contribution in [0.15, 0.2) is 30.3 Å². The molecular formula is C31H51N5O6. The van der Waals surface area contributed by atoms with E-state index in [-0.39, 0.29) is 30.8 Å². The van der Waals surface area contributed by atoms with Crippen LogP contribution in [0.3, 0.4) is 0 Å². The topological polar surface area (TPSA) is 166 Å². The van der Waals surface area contributed by atoms with Gasteiger partial charge in [0, 0.05) is 6.92 Å². The zero-order chi connectivity index (χ0) is 32.3. The molecule has 11 heteroatoms. The summed E-state index contributed by atoms with van der Waals surface area (Å²) in [6, 6.07) is 7.07.